The van der Waals surface area contributed by atoms with Crippen LogP contribution in [0.15, 0.2) is 24.3 Å². The molecule has 0 saturated carbocycles. The van der Waals surface area contributed by atoms with Gasteiger partial charge >= 0.3 is 11.9 Å². The Morgan fingerprint density at radius 2 is 1.75 bits per heavy atom. The zero-order valence-corrected chi connectivity index (χ0v) is 14.3. The van der Waals surface area contributed by atoms with E-state index in [4.69, 9.17) is 14.2 Å². The van der Waals surface area contributed by atoms with Crippen LogP contribution in [0.5, 0.6) is 5.75 Å². The Kier molecular flexibility index (Phi) is 5.63. The first-order valence-corrected chi connectivity index (χ1v) is 7.58. The number of para-hydroxylation sites is 1. The van der Waals surface area contributed by atoms with Gasteiger partial charge in [-0.2, -0.15) is 0 Å². The number of rotatable bonds is 6. The number of hydrogen-bond donors (Lipinski definition) is 1. The maximum atomic E-state index is 12.2. The molecule has 1 aromatic carbocycles. The summed E-state index contributed by atoms with van der Waals surface area (Å²) in [5.74, 6) is -0.254. The summed E-state index contributed by atoms with van der Waals surface area (Å²) < 4.78 is 15.5. The van der Waals surface area contributed by atoms with E-state index in [0.717, 1.165) is 11.3 Å². The van der Waals surface area contributed by atoms with Gasteiger partial charge in [0.1, 0.15) is 24.7 Å². The van der Waals surface area contributed by atoms with Gasteiger partial charge in [-0.3, -0.25) is 0 Å². The summed E-state index contributed by atoms with van der Waals surface area (Å²) in [5.41, 5.74) is 2.72. The summed E-state index contributed by atoms with van der Waals surface area (Å²) in [6, 6.07) is 7.62. The van der Waals surface area contributed by atoms with Crippen molar-refractivity contribution in [1.29, 1.82) is 0 Å². The molecule has 0 spiro atoms. The molecule has 0 atom stereocenters. The van der Waals surface area contributed by atoms with Crippen molar-refractivity contribution in [2.75, 3.05) is 20.3 Å². The predicted octanol–water partition coefficient (Wildman–Crippen LogP) is 2.96. The lowest BCUT2D eigenvalue weighted by atomic mass is 10.1. The number of H-pyrrole nitrogens is 1. The third-order valence-electron chi connectivity index (χ3n) is 3.70. The van der Waals surface area contributed by atoms with Crippen LogP contribution in [0, 0.1) is 20.8 Å². The van der Waals surface area contributed by atoms with Gasteiger partial charge in [-0.1, -0.05) is 18.2 Å². The number of hydrogen-bond acceptors (Lipinski definition) is 5. The molecule has 6 nitrogen and oxygen atoms in total. The van der Waals surface area contributed by atoms with Gasteiger partial charge in [-0.15, -0.1) is 0 Å². The third-order valence-corrected chi connectivity index (χ3v) is 3.70. The zero-order valence-electron chi connectivity index (χ0n) is 14.3. The Morgan fingerprint density at radius 3 is 2.42 bits per heavy atom. The molecule has 6 heteroatoms. The van der Waals surface area contributed by atoms with Gasteiger partial charge in [0.2, 0.25) is 0 Å². The van der Waals surface area contributed by atoms with Crippen LogP contribution in [-0.4, -0.2) is 37.2 Å². The first-order chi connectivity index (χ1) is 11.5. The number of methoxy groups -OCH3 is 1. The van der Waals surface area contributed by atoms with Gasteiger partial charge in [-0.05, 0) is 38.0 Å². The average Bonchev–Trinajstić information content (AvgIpc) is 2.87. The minimum atomic E-state index is -0.529. The van der Waals surface area contributed by atoms with Crippen LogP contribution in [0.25, 0.3) is 0 Å². The molecular formula is C18H21NO5. The molecule has 1 heterocycles. The van der Waals surface area contributed by atoms with Gasteiger partial charge in [-0.25, -0.2) is 9.59 Å². The van der Waals surface area contributed by atoms with Crippen molar-refractivity contribution in [1.82, 2.24) is 4.98 Å². The highest BCUT2D eigenvalue weighted by molar-refractivity contribution is 5.98. The van der Waals surface area contributed by atoms with Crippen molar-refractivity contribution < 1.29 is 23.8 Å². The molecule has 1 aromatic heterocycles. The molecule has 0 aliphatic carbocycles. The van der Waals surface area contributed by atoms with E-state index >= 15 is 0 Å². The minimum absolute atomic E-state index is 0.109. The minimum Gasteiger partial charge on any atom is -0.490 e. The second-order valence-corrected chi connectivity index (χ2v) is 5.37. The number of nitrogens with one attached hydrogen (secondary N) is 1. The standard InChI is InChI=1S/C18H21NO5/c1-11-7-5-6-8-14(11)23-9-10-24-18(21)16-12(2)15(13(3)19-16)17(20)22-4/h5-8,19H,9-10H2,1-4H3. The van der Waals surface area contributed by atoms with Gasteiger partial charge in [0.15, 0.2) is 0 Å². The molecule has 0 aliphatic rings. The maximum Gasteiger partial charge on any atom is 0.355 e. The van der Waals surface area contributed by atoms with Crippen LogP contribution in [0.2, 0.25) is 0 Å². The molecule has 0 amide bonds. The van der Waals surface area contributed by atoms with Gasteiger partial charge in [0.25, 0.3) is 0 Å². The highest BCUT2D eigenvalue weighted by Crippen LogP contribution is 2.20. The molecule has 0 bridgehead atoms. The van der Waals surface area contributed by atoms with Crippen LogP contribution < -0.4 is 4.74 Å². The van der Waals surface area contributed by atoms with E-state index in [9.17, 15) is 9.59 Å². The number of carbonyl (C=O) groups excluding carboxylic acids is 2. The maximum absolute atomic E-state index is 12.2. The highest BCUT2D eigenvalue weighted by atomic mass is 16.6. The van der Waals surface area contributed by atoms with E-state index < -0.39 is 11.9 Å². The number of carbonyl (C=O) groups is 2. The fourth-order valence-corrected chi connectivity index (χ4v) is 2.44. The van der Waals surface area contributed by atoms with E-state index in [1.165, 1.54) is 7.11 Å². The van der Waals surface area contributed by atoms with Crippen molar-refractivity contribution in [3.63, 3.8) is 0 Å². The second-order valence-electron chi connectivity index (χ2n) is 5.37. The molecule has 0 saturated heterocycles. The summed E-state index contributed by atoms with van der Waals surface area (Å²) in [5, 5.41) is 0. The van der Waals surface area contributed by atoms with Crippen molar-refractivity contribution in [3.8, 4) is 5.75 Å². The van der Waals surface area contributed by atoms with E-state index in [2.05, 4.69) is 4.98 Å². The molecule has 1 N–H and O–H groups in total. The molecule has 0 unspecified atom stereocenters. The van der Waals surface area contributed by atoms with Gasteiger partial charge in [0, 0.05) is 5.69 Å². The Labute approximate surface area is 140 Å². The SMILES string of the molecule is COC(=O)c1c(C)[nH]c(C(=O)OCCOc2ccccc2C)c1C. The van der Waals surface area contributed by atoms with E-state index in [1.54, 1.807) is 13.8 Å². The molecular weight excluding hydrogens is 310 g/mol. The summed E-state index contributed by atoms with van der Waals surface area (Å²) >= 11 is 0. The van der Waals surface area contributed by atoms with Crippen molar-refractivity contribution >= 4 is 11.9 Å². The first kappa shape index (κ1) is 17.6. The summed E-state index contributed by atoms with van der Waals surface area (Å²) in [4.78, 5) is 26.8. The fourth-order valence-electron chi connectivity index (χ4n) is 2.44. The summed E-state index contributed by atoms with van der Waals surface area (Å²) in [7, 11) is 1.30. The van der Waals surface area contributed by atoms with Crippen molar-refractivity contribution in [3.05, 3.63) is 52.3 Å². The molecule has 2 rings (SSSR count). The lowest BCUT2D eigenvalue weighted by Crippen LogP contribution is -2.14. The molecule has 0 fully saturated rings. The second kappa shape index (κ2) is 7.68. The number of aromatic amines is 1. The molecule has 2 aromatic rings. The number of aromatic nitrogens is 1. The summed E-state index contributed by atoms with van der Waals surface area (Å²) in [6.07, 6.45) is 0. The Morgan fingerprint density at radius 1 is 1.04 bits per heavy atom. The molecule has 0 radical (unpaired) electrons. The van der Waals surface area contributed by atoms with Gasteiger partial charge in [0.05, 0.1) is 12.7 Å². The van der Waals surface area contributed by atoms with Crippen LogP contribution in [0.1, 0.15) is 37.7 Å². The predicted molar refractivity (Wildman–Crippen MR) is 88.6 cm³/mol. The smallest absolute Gasteiger partial charge is 0.355 e. The Hall–Kier alpha value is -2.76. The Balaban J connectivity index is 1.94. The lowest BCUT2D eigenvalue weighted by molar-refractivity contribution is 0.0443. The number of esters is 2. The van der Waals surface area contributed by atoms with Crippen molar-refractivity contribution in [2.24, 2.45) is 0 Å². The molecule has 0 aliphatic heterocycles. The number of benzene rings is 1. The van der Waals surface area contributed by atoms with Crippen molar-refractivity contribution in [2.45, 2.75) is 20.8 Å². The number of aryl methyl sites for hydroxylation is 2. The van der Waals surface area contributed by atoms with E-state index in [-0.39, 0.29) is 18.9 Å². The van der Waals surface area contributed by atoms with Crippen LogP contribution in [-0.2, 0) is 9.47 Å². The third kappa shape index (κ3) is 3.76. The quantitative estimate of drug-likeness (QED) is 0.650. The molecule has 24 heavy (non-hydrogen) atoms. The van der Waals surface area contributed by atoms with E-state index in [1.807, 2.05) is 31.2 Å². The monoisotopic (exact) mass is 331 g/mol. The normalized spacial score (nSPS) is 10.3. The summed E-state index contributed by atoms with van der Waals surface area (Å²) in [6.45, 7) is 5.69. The fraction of sp³-hybridized carbons (Fsp3) is 0.333. The topological polar surface area (TPSA) is 77.6 Å². The molecule has 128 valence electrons. The largest absolute Gasteiger partial charge is 0.490 e. The first-order valence-electron chi connectivity index (χ1n) is 7.58. The van der Waals surface area contributed by atoms with Crippen LogP contribution in [0.3, 0.4) is 0 Å². The van der Waals surface area contributed by atoms with E-state index in [0.29, 0.717) is 16.8 Å². The lowest BCUT2D eigenvalue weighted by Gasteiger charge is -2.09. The van der Waals surface area contributed by atoms with Gasteiger partial charge < -0.3 is 19.2 Å². The highest BCUT2D eigenvalue weighted by Gasteiger charge is 2.23. The average molecular weight is 331 g/mol. The Bertz CT molecular complexity index is 748. The number of ether oxygens (including phenoxy) is 3. The van der Waals surface area contributed by atoms with Crippen LogP contribution in [0.4, 0.5) is 0 Å². The zero-order chi connectivity index (χ0) is 17.7. The van der Waals surface area contributed by atoms with Crippen LogP contribution >= 0.6 is 0 Å².